The van der Waals surface area contributed by atoms with E-state index in [2.05, 4.69) is 9.88 Å². The van der Waals surface area contributed by atoms with E-state index in [1.807, 2.05) is 17.0 Å². The van der Waals surface area contributed by atoms with Gasteiger partial charge in [0.2, 0.25) is 0 Å². The first-order chi connectivity index (χ1) is 13.1. The van der Waals surface area contributed by atoms with Crippen LogP contribution in [0.15, 0.2) is 42.7 Å². The van der Waals surface area contributed by atoms with E-state index in [0.717, 1.165) is 26.1 Å². The number of pyridine rings is 1. The molecule has 0 bridgehead atoms. The van der Waals surface area contributed by atoms with E-state index < -0.39 is 17.8 Å². The van der Waals surface area contributed by atoms with Crippen LogP contribution in [0.5, 0.6) is 5.75 Å². The van der Waals surface area contributed by atoms with Crippen molar-refractivity contribution in [1.29, 1.82) is 0 Å². The normalized spacial score (nSPS) is 17.3. The number of nitrogens with zero attached hydrogens (tertiary/aromatic N) is 3. The van der Waals surface area contributed by atoms with Crippen molar-refractivity contribution in [1.82, 2.24) is 14.8 Å². The Morgan fingerprint density at radius 2 is 2.00 bits per heavy atom. The zero-order valence-corrected chi connectivity index (χ0v) is 15.3. The number of ether oxygens (including phenoxy) is 1. The topological polar surface area (TPSA) is 65.9 Å². The summed E-state index contributed by atoms with van der Waals surface area (Å²) in [7, 11) is 1.43. The van der Waals surface area contributed by atoms with Gasteiger partial charge in [0.25, 0.3) is 0 Å². The number of rotatable bonds is 6. The van der Waals surface area contributed by atoms with E-state index in [-0.39, 0.29) is 5.75 Å². The Kier molecular flexibility index (Phi) is 6.36. The van der Waals surface area contributed by atoms with Gasteiger partial charge in [0.15, 0.2) is 0 Å². The fourth-order valence-electron chi connectivity index (χ4n) is 3.55. The van der Waals surface area contributed by atoms with E-state index >= 15 is 0 Å². The summed E-state index contributed by atoms with van der Waals surface area (Å²) in [6, 6.07) is 7.15. The van der Waals surface area contributed by atoms with E-state index in [1.54, 1.807) is 12.4 Å². The molecule has 6 nitrogen and oxygen atoms in total. The summed E-state index contributed by atoms with van der Waals surface area (Å²) >= 11 is 0. The molecular weight excluding hydrogens is 349 g/mol. The average Bonchev–Trinajstić information content (AvgIpc) is 2.89. The molecular formula is C20H24FN3O3. The van der Waals surface area contributed by atoms with E-state index in [0.29, 0.717) is 18.7 Å². The lowest BCUT2D eigenvalue weighted by Gasteiger charge is -2.29. The van der Waals surface area contributed by atoms with Gasteiger partial charge in [0.1, 0.15) is 17.6 Å². The van der Waals surface area contributed by atoms with Crippen LogP contribution in [-0.2, 0) is 11.3 Å². The minimum Gasteiger partial charge on any atom is -0.496 e. The maximum atomic E-state index is 13.5. The van der Waals surface area contributed by atoms with Crippen LogP contribution in [0.4, 0.5) is 4.39 Å². The van der Waals surface area contributed by atoms with Crippen LogP contribution in [0.25, 0.3) is 0 Å². The zero-order valence-electron chi connectivity index (χ0n) is 15.3. The lowest BCUT2D eigenvalue weighted by molar-refractivity contribution is -0.143. The molecule has 0 spiro atoms. The predicted octanol–water partition coefficient (Wildman–Crippen LogP) is 2.56. The second kappa shape index (κ2) is 8.92. The molecule has 1 aromatic heterocycles. The highest BCUT2D eigenvalue weighted by Crippen LogP contribution is 2.31. The lowest BCUT2D eigenvalue weighted by atomic mass is 10.0. The number of carbonyl (C=O) groups is 1. The first kappa shape index (κ1) is 19.3. The number of aromatic nitrogens is 1. The molecule has 7 heteroatoms. The van der Waals surface area contributed by atoms with Crippen LogP contribution in [0.3, 0.4) is 0 Å². The van der Waals surface area contributed by atoms with Crippen molar-refractivity contribution in [3.05, 3.63) is 59.7 Å². The van der Waals surface area contributed by atoms with Gasteiger partial charge in [-0.15, -0.1) is 0 Å². The van der Waals surface area contributed by atoms with Gasteiger partial charge < -0.3 is 9.84 Å². The molecule has 1 aliphatic rings. The van der Waals surface area contributed by atoms with Crippen molar-refractivity contribution in [3.63, 3.8) is 0 Å². The van der Waals surface area contributed by atoms with Gasteiger partial charge in [-0.1, -0.05) is 6.07 Å². The third-order valence-corrected chi connectivity index (χ3v) is 4.87. The molecule has 0 saturated carbocycles. The van der Waals surface area contributed by atoms with Crippen molar-refractivity contribution in [2.75, 3.05) is 33.3 Å². The van der Waals surface area contributed by atoms with E-state index in [1.165, 1.54) is 30.9 Å². The molecule has 1 aromatic carbocycles. The Labute approximate surface area is 158 Å². The summed E-state index contributed by atoms with van der Waals surface area (Å²) in [5, 5.41) is 9.85. The molecule has 0 amide bonds. The third kappa shape index (κ3) is 4.81. The fraction of sp³-hybridized carbons (Fsp3) is 0.400. The zero-order chi connectivity index (χ0) is 19.2. The Morgan fingerprint density at radius 1 is 1.22 bits per heavy atom. The lowest BCUT2D eigenvalue weighted by Crippen LogP contribution is -2.37. The van der Waals surface area contributed by atoms with Crippen LogP contribution < -0.4 is 4.74 Å². The van der Waals surface area contributed by atoms with Crippen molar-refractivity contribution in [3.8, 4) is 5.75 Å². The number of hydrogen-bond donors (Lipinski definition) is 1. The summed E-state index contributed by atoms with van der Waals surface area (Å²) in [4.78, 5) is 20.3. The van der Waals surface area contributed by atoms with Gasteiger partial charge in [-0.2, -0.15) is 0 Å². The Bertz CT molecular complexity index is 772. The molecule has 3 rings (SSSR count). The SMILES string of the molecule is COc1cc(F)ccc1[C@@H](C(=O)O)N1CCCN(Cc2ccncc2)CC1. The van der Waals surface area contributed by atoms with Crippen LogP contribution in [-0.4, -0.2) is 59.1 Å². The number of carboxylic acid groups (broad SMARTS) is 1. The number of benzene rings is 1. The maximum absolute atomic E-state index is 13.5. The highest BCUT2D eigenvalue weighted by molar-refractivity contribution is 5.76. The van der Waals surface area contributed by atoms with Crippen molar-refractivity contribution in [2.24, 2.45) is 0 Å². The first-order valence-electron chi connectivity index (χ1n) is 9.00. The summed E-state index contributed by atoms with van der Waals surface area (Å²) in [6.07, 6.45) is 4.42. The summed E-state index contributed by atoms with van der Waals surface area (Å²) in [5.74, 6) is -1.14. The predicted molar refractivity (Wildman–Crippen MR) is 99.0 cm³/mol. The minimum absolute atomic E-state index is 0.264. The van der Waals surface area contributed by atoms with Crippen LogP contribution in [0.2, 0.25) is 0 Å². The van der Waals surface area contributed by atoms with Gasteiger partial charge in [-0.25, -0.2) is 4.39 Å². The Morgan fingerprint density at radius 3 is 2.70 bits per heavy atom. The van der Waals surface area contributed by atoms with Crippen LogP contribution >= 0.6 is 0 Å². The van der Waals surface area contributed by atoms with Gasteiger partial charge >= 0.3 is 5.97 Å². The highest BCUT2D eigenvalue weighted by Gasteiger charge is 2.31. The summed E-state index contributed by atoms with van der Waals surface area (Å²) < 4.78 is 18.7. The maximum Gasteiger partial charge on any atom is 0.325 e. The quantitative estimate of drug-likeness (QED) is 0.840. The second-order valence-electron chi connectivity index (χ2n) is 6.65. The van der Waals surface area contributed by atoms with Crippen molar-refractivity contribution >= 4 is 5.97 Å². The standard InChI is InChI=1S/C20H24FN3O3/c1-27-18-13-16(21)3-4-17(18)19(20(25)26)24-10-2-9-23(11-12-24)14-15-5-7-22-8-6-15/h3-8,13,19H,2,9-12,14H2,1H3,(H,25,26)/t19-/m0/s1. The molecule has 1 N–H and O–H groups in total. The molecule has 27 heavy (non-hydrogen) atoms. The Balaban J connectivity index is 1.74. The molecule has 0 radical (unpaired) electrons. The fourth-order valence-corrected chi connectivity index (χ4v) is 3.55. The number of methoxy groups -OCH3 is 1. The van der Waals surface area contributed by atoms with Gasteiger partial charge in [-0.3, -0.25) is 19.6 Å². The summed E-state index contributed by atoms with van der Waals surface area (Å²) in [5.41, 5.74) is 1.67. The second-order valence-corrected chi connectivity index (χ2v) is 6.65. The average molecular weight is 373 g/mol. The smallest absolute Gasteiger partial charge is 0.325 e. The monoisotopic (exact) mass is 373 g/mol. The molecule has 2 heterocycles. The van der Waals surface area contributed by atoms with E-state index in [9.17, 15) is 14.3 Å². The third-order valence-electron chi connectivity index (χ3n) is 4.87. The van der Waals surface area contributed by atoms with Crippen LogP contribution in [0.1, 0.15) is 23.6 Å². The molecule has 1 aliphatic heterocycles. The van der Waals surface area contributed by atoms with Gasteiger partial charge in [-0.05, 0) is 36.7 Å². The largest absolute Gasteiger partial charge is 0.496 e. The molecule has 1 fully saturated rings. The molecule has 144 valence electrons. The number of halogens is 1. The first-order valence-corrected chi connectivity index (χ1v) is 9.00. The van der Waals surface area contributed by atoms with E-state index in [4.69, 9.17) is 4.74 Å². The highest BCUT2D eigenvalue weighted by atomic mass is 19.1. The number of hydrogen-bond acceptors (Lipinski definition) is 5. The minimum atomic E-state index is -0.956. The summed E-state index contributed by atoms with van der Waals surface area (Å²) in [6.45, 7) is 3.74. The molecule has 2 aromatic rings. The van der Waals surface area contributed by atoms with Crippen molar-refractivity contribution < 1.29 is 19.0 Å². The Hall–Kier alpha value is -2.51. The number of carboxylic acids is 1. The van der Waals surface area contributed by atoms with Gasteiger partial charge in [0, 0.05) is 50.2 Å². The number of aliphatic carboxylic acids is 1. The molecule has 1 atom stereocenters. The molecule has 0 aliphatic carbocycles. The molecule has 1 saturated heterocycles. The van der Waals surface area contributed by atoms with Gasteiger partial charge in [0.05, 0.1) is 7.11 Å². The van der Waals surface area contributed by atoms with Crippen LogP contribution in [0, 0.1) is 5.82 Å². The molecule has 0 unspecified atom stereocenters. The van der Waals surface area contributed by atoms with Crippen molar-refractivity contribution in [2.45, 2.75) is 19.0 Å².